The van der Waals surface area contributed by atoms with Crippen LogP contribution in [0.1, 0.15) is 12.5 Å². The topological polar surface area (TPSA) is 55.4 Å². The van der Waals surface area contributed by atoms with E-state index in [1.165, 1.54) is 7.11 Å². The van der Waals surface area contributed by atoms with Crippen molar-refractivity contribution < 1.29 is 14.3 Å². The summed E-state index contributed by atoms with van der Waals surface area (Å²) in [6, 6.07) is 9.37. The van der Waals surface area contributed by atoms with Gasteiger partial charge in [-0.25, -0.2) is 4.79 Å². The summed E-state index contributed by atoms with van der Waals surface area (Å²) in [5, 5.41) is 2.08. The number of amides is 2. The van der Waals surface area contributed by atoms with Gasteiger partial charge in [0.05, 0.1) is 7.11 Å². The molecule has 0 heterocycles. The molecule has 1 aromatic carbocycles. The van der Waals surface area contributed by atoms with Crippen LogP contribution in [0.4, 0.5) is 4.79 Å². The third-order valence-corrected chi connectivity index (χ3v) is 1.94. The standard InChI is InChI=1S/C12H13NO3/c1-9(11(14)13-12(15)16-2)8-10-6-4-3-5-7-10/h3-8H,1-2H3,(H,13,14,15). The molecule has 0 unspecified atom stereocenters. The molecular weight excluding hydrogens is 206 g/mol. The van der Waals surface area contributed by atoms with E-state index in [1.54, 1.807) is 13.0 Å². The van der Waals surface area contributed by atoms with Gasteiger partial charge in [-0.1, -0.05) is 30.3 Å². The quantitative estimate of drug-likeness (QED) is 0.774. The predicted octanol–water partition coefficient (Wildman–Crippen LogP) is 1.97. The Hall–Kier alpha value is -2.10. The minimum atomic E-state index is -0.759. The van der Waals surface area contributed by atoms with Crippen LogP contribution >= 0.6 is 0 Å². The maximum absolute atomic E-state index is 11.4. The second-order valence-corrected chi connectivity index (χ2v) is 3.18. The number of methoxy groups -OCH3 is 1. The molecular formula is C12H13NO3. The van der Waals surface area contributed by atoms with Gasteiger partial charge < -0.3 is 4.74 Å². The number of imide groups is 1. The zero-order valence-electron chi connectivity index (χ0n) is 9.19. The Morgan fingerprint density at radius 2 is 1.88 bits per heavy atom. The summed E-state index contributed by atoms with van der Waals surface area (Å²) in [5.41, 5.74) is 1.34. The lowest BCUT2D eigenvalue weighted by Gasteiger charge is -2.02. The molecule has 1 rings (SSSR count). The number of carbonyl (C=O) groups is 2. The molecule has 0 atom stereocenters. The van der Waals surface area contributed by atoms with E-state index >= 15 is 0 Å². The first-order valence-corrected chi connectivity index (χ1v) is 4.76. The molecule has 2 amide bonds. The van der Waals surface area contributed by atoms with E-state index in [1.807, 2.05) is 30.3 Å². The number of benzene rings is 1. The SMILES string of the molecule is COC(=O)NC(=O)C(C)=Cc1ccccc1. The van der Waals surface area contributed by atoms with E-state index in [0.717, 1.165) is 5.56 Å². The van der Waals surface area contributed by atoms with Gasteiger partial charge in [-0.2, -0.15) is 0 Å². The molecule has 0 saturated heterocycles. The molecule has 0 aliphatic heterocycles. The Kier molecular flexibility index (Phi) is 4.27. The average Bonchev–Trinajstić information content (AvgIpc) is 2.30. The third-order valence-electron chi connectivity index (χ3n) is 1.94. The number of carbonyl (C=O) groups excluding carboxylic acids is 2. The fraction of sp³-hybridized carbons (Fsp3) is 0.167. The van der Waals surface area contributed by atoms with Crippen molar-refractivity contribution in [1.82, 2.24) is 5.32 Å². The molecule has 16 heavy (non-hydrogen) atoms. The van der Waals surface area contributed by atoms with Crippen LogP contribution in [-0.2, 0) is 9.53 Å². The molecule has 0 radical (unpaired) electrons. The van der Waals surface area contributed by atoms with Gasteiger partial charge in [-0.3, -0.25) is 10.1 Å². The first kappa shape index (κ1) is 12.0. The fourth-order valence-electron chi connectivity index (χ4n) is 1.11. The Labute approximate surface area is 93.9 Å². The van der Waals surface area contributed by atoms with Crippen molar-refractivity contribution in [3.63, 3.8) is 0 Å². The molecule has 1 aromatic rings. The van der Waals surface area contributed by atoms with E-state index in [-0.39, 0.29) is 0 Å². The van der Waals surface area contributed by atoms with Gasteiger partial charge in [0.25, 0.3) is 5.91 Å². The monoisotopic (exact) mass is 219 g/mol. The third kappa shape index (κ3) is 3.57. The second-order valence-electron chi connectivity index (χ2n) is 3.18. The molecule has 0 aliphatic carbocycles. The number of hydrogen-bond acceptors (Lipinski definition) is 3. The van der Waals surface area contributed by atoms with Gasteiger partial charge in [-0.05, 0) is 18.6 Å². The molecule has 0 spiro atoms. The zero-order valence-corrected chi connectivity index (χ0v) is 9.19. The molecule has 0 fully saturated rings. The average molecular weight is 219 g/mol. The summed E-state index contributed by atoms with van der Waals surface area (Å²) in [4.78, 5) is 22.2. The highest BCUT2D eigenvalue weighted by Gasteiger charge is 2.08. The predicted molar refractivity (Wildman–Crippen MR) is 60.6 cm³/mol. The van der Waals surface area contributed by atoms with E-state index in [9.17, 15) is 9.59 Å². The Balaban J connectivity index is 2.71. The summed E-state index contributed by atoms with van der Waals surface area (Å²) >= 11 is 0. The van der Waals surface area contributed by atoms with Gasteiger partial charge in [0, 0.05) is 5.57 Å². The largest absolute Gasteiger partial charge is 0.453 e. The smallest absolute Gasteiger partial charge is 0.413 e. The van der Waals surface area contributed by atoms with Crippen LogP contribution in [0, 0.1) is 0 Å². The number of hydrogen-bond donors (Lipinski definition) is 1. The van der Waals surface area contributed by atoms with Crippen LogP contribution in [-0.4, -0.2) is 19.1 Å². The van der Waals surface area contributed by atoms with Gasteiger partial charge in [0.1, 0.15) is 0 Å². The lowest BCUT2D eigenvalue weighted by molar-refractivity contribution is -0.116. The van der Waals surface area contributed by atoms with E-state index in [4.69, 9.17) is 0 Å². The van der Waals surface area contributed by atoms with Crippen molar-refractivity contribution in [2.45, 2.75) is 6.92 Å². The molecule has 84 valence electrons. The Morgan fingerprint density at radius 3 is 2.44 bits per heavy atom. The number of nitrogens with one attached hydrogen (secondary N) is 1. The first-order chi connectivity index (χ1) is 7.63. The molecule has 1 N–H and O–H groups in total. The molecule has 0 bridgehead atoms. The highest BCUT2D eigenvalue weighted by molar-refractivity contribution is 6.04. The number of alkyl carbamates (subject to hydrolysis) is 1. The van der Waals surface area contributed by atoms with Crippen LogP contribution < -0.4 is 5.32 Å². The van der Waals surface area contributed by atoms with Gasteiger partial charge in [0.2, 0.25) is 0 Å². The minimum absolute atomic E-state index is 0.441. The molecule has 0 aliphatic rings. The maximum atomic E-state index is 11.4. The van der Waals surface area contributed by atoms with Crippen LogP contribution in [0.15, 0.2) is 35.9 Å². The Bertz CT molecular complexity index is 410. The van der Waals surface area contributed by atoms with Crippen molar-refractivity contribution in [2.24, 2.45) is 0 Å². The van der Waals surface area contributed by atoms with E-state index in [0.29, 0.717) is 5.57 Å². The van der Waals surface area contributed by atoms with Crippen molar-refractivity contribution in [1.29, 1.82) is 0 Å². The highest BCUT2D eigenvalue weighted by atomic mass is 16.5. The van der Waals surface area contributed by atoms with Gasteiger partial charge >= 0.3 is 6.09 Å². The fourth-order valence-corrected chi connectivity index (χ4v) is 1.11. The zero-order chi connectivity index (χ0) is 12.0. The van der Waals surface area contributed by atoms with Crippen LogP contribution in [0.25, 0.3) is 6.08 Å². The first-order valence-electron chi connectivity index (χ1n) is 4.76. The highest BCUT2D eigenvalue weighted by Crippen LogP contribution is 2.05. The van der Waals surface area contributed by atoms with Crippen molar-refractivity contribution >= 4 is 18.1 Å². The lowest BCUT2D eigenvalue weighted by Crippen LogP contribution is -2.30. The molecule has 4 nitrogen and oxygen atoms in total. The second kappa shape index (κ2) is 5.70. The molecule has 0 saturated carbocycles. The number of ether oxygens (including phenoxy) is 1. The normalized spacial score (nSPS) is 10.8. The summed E-state index contributed by atoms with van der Waals surface area (Å²) in [5.74, 6) is -0.462. The summed E-state index contributed by atoms with van der Waals surface area (Å²) in [6.45, 7) is 1.63. The molecule has 0 aromatic heterocycles. The summed E-state index contributed by atoms with van der Waals surface area (Å²) < 4.78 is 4.32. The van der Waals surface area contributed by atoms with Crippen molar-refractivity contribution in [2.75, 3.05) is 7.11 Å². The van der Waals surface area contributed by atoms with Crippen molar-refractivity contribution in [3.05, 3.63) is 41.5 Å². The maximum Gasteiger partial charge on any atom is 0.413 e. The van der Waals surface area contributed by atoms with Gasteiger partial charge in [-0.15, -0.1) is 0 Å². The minimum Gasteiger partial charge on any atom is -0.453 e. The van der Waals surface area contributed by atoms with Crippen LogP contribution in [0.5, 0.6) is 0 Å². The van der Waals surface area contributed by atoms with Crippen LogP contribution in [0.3, 0.4) is 0 Å². The molecule has 4 heteroatoms. The van der Waals surface area contributed by atoms with E-state index in [2.05, 4.69) is 10.1 Å². The van der Waals surface area contributed by atoms with Crippen molar-refractivity contribution in [3.8, 4) is 0 Å². The van der Waals surface area contributed by atoms with Gasteiger partial charge in [0.15, 0.2) is 0 Å². The lowest BCUT2D eigenvalue weighted by atomic mass is 10.1. The summed E-state index contributed by atoms with van der Waals surface area (Å²) in [6.07, 6.45) is 0.934. The Morgan fingerprint density at radius 1 is 1.25 bits per heavy atom. The van der Waals surface area contributed by atoms with Crippen LogP contribution in [0.2, 0.25) is 0 Å². The number of rotatable bonds is 2. The summed E-state index contributed by atoms with van der Waals surface area (Å²) in [7, 11) is 1.21. The van der Waals surface area contributed by atoms with E-state index < -0.39 is 12.0 Å².